The van der Waals surface area contributed by atoms with Gasteiger partial charge in [0.2, 0.25) is 0 Å². The predicted molar refractivity (Wildman–Crippen MR) is 67.9 cm³/mol. The van der Waals surface area contributed by atoms with Crippen LogP contribution in [0.3, 0.4) is 0 Å². The van der Waals surface area contributed by atoms with Crippen LogP contribution in [0.1, 0.15) is 17.4 Å². The van der Waals surface area contributed by atoms with Crippen molar-refractivity contribution in [2.24, 2.45) is 0 Å². The molecule has 0 radical (unpaired) electrons. The lowest BCUT2D eigenvalue weighted by Crippen LogP contribution is -1.93. The van der Waals surface area contributed by atoms with Crippen molar-refractivity contribution in [1.82, 2.24) is 9.97 Å². The summed E-state index contributed by atoms with van der Waals surface area (Å²) in [6, 6.07) is 5.29. The van der Waals surface area contributed by atoms with Crippen molar-refractivity contribution < 1.29 is 9.21 Å². The van der Waals surface area contributed by atoms with Gasteiger partial charge in [-0.3, -0.25) is 9.78 Å². The number of H-pyrrole nitrogens is 1. The molecule has 18 heavy (non-hydrogen) atoms. The average Bonchev–Trinajstić information content (AvgIpc) is 2.91. The van der Waals surface area contributed by atoms with Crippen LogP contribution in [0.25, 0.3) is 21.7 Å². The van der Waals surface area contributed by atoms with Gasteiger partial charge in [-0.25, -0.2) is 9.78 Å². The van der Waals surface area contributed by atoms with Crippen molar-refractivity contribution in [2.75, 3.05) is 0 Å². The number of oxazole rings is 1. The van der Waals surface area contributed by atoms with Gasteiger partial charge >= 0.3 is 5.76 Å². The Morgan fingerprint density at radius 2 is 2.28 bits per heavy atom. The third-order valence-electron chi connectivity index (χ3n) is 2.53. The maximum absolute atomic E-state index is 11.2. The maximum atomic E-state index is 11.2. The van der Waals surface area contributed by atoms with Gasteiger partial charge in [0.15, 0.2) is 11.4 Å². The van der Waals surface area contributed by atoms with E-state index in [2.05, 4.69) is 9.97 Å². The van der Waals surface area contributed by atoms with E-state index in [1.165, 1.54) is 18.3 Å². The van der Waals surface area contributed by atoms with Crippen LogP contribution in [0, 0.1) is 0 Å². The molecule has 0 amide bonds. The molecule has 2 aromatic heterocycles. The van der Waals surface area contributed by atoms with Crippen molar-refractivity contribution in [3.8, 4) is 10.6 Å². The molecule has 5 nitrogen and oxygen atoms in total. The molecule has 3 aromatic rings. The highest BCUT2D eigenvalue weighted by Crippen LogP contribution is 2.26. The number of ketones is 1. The molecule has 0 fully saturated rings. The van der Waals surface area contributed by atoms with Crippen LogP contribution in [0.4, 0.5) is 0 Å². The number of hydrogen-bond donors (Lipinski definition) is 1. The predicted octanol–water partition coefficient (Wildman–Crippen LogP) is 2.45. The first-order valence-corrected chi connectivity index (χ1v) is 6.11. The summed E-state index contributed by atoms with van der Waals surface area (Å²) in [5.74, 6) is -0.541. The van der Waals surface area contributed by atoms with Crippen molar-refractivity contribution in [3.63, 3.8) is 0 Å². The van der Waals surface area contributed by atoms with Crippen LogP contribution in [0.15, 0.2) is 32.8 Å². The molecule has 0 bridgehead atoms. The standard InChI is InChI=1S/C12H8N2O3S/c1-6(15)9-5-18-11(13-9)7-2-3-10-8(4-7)14-12(16)17-10/h2-5H,1H3,(H,14,16). The number of thiazole rings is 1. The highest BCUT2D eigenvalue weighted by Gasteiger charge is 2.09. The number of fused-ring (bicyclic) bond motifs is 1. The molecule has 0 aliphatic heterocycles. The summed E-state index contributed by atoms with van der Waals surface area (Å²) in [6.45, 7) is 1.48. The van der Waals surface area contributed by atoms with Gasteiger partial charge in [0.25, 0.3) is 0 Å². The second-order valence-corrected chi connectivity index (χ2v) is 4.68. The Bertz CT molecular complexity index is 797. The fourth-order valence-electron chi connectivity index (χ4n) is 1.65. The first-order valence-electron chi connectivity index (χ1n) is 5.23. The first kappa shape index (κ1) is 10.9. The topological polar surface area (TPSA) is 76.0 Å². The lowest BCUT2D eigenvalue weighted by molar-refractivity contribution is 0.101. The molecule has 0 saturated heterocycles. The Labute approximate surface area is 105 Å². The molecule has 0 unspecified atom stereocenters. The minimum absolute atomic E-state index is 0.0599. The zero-order valence-electron chi connectivity index (χ0n) is 9.39. The highest BCUT2D eigenvalue weighted by atomic mass is 32.1. The van der Waals surface area contributed by atoms with Crippen molar-refractivity contribution in [2.45, 2.75) is 6.92 Å². The van der Waals surface area contributed by atoms with E-state index >= 15 is 0 Å². The van der Waals surface area contributed by atoms with E-state index in [4.69, 9.17) is 4.42 Å². The second-order valence-electron chi connectivity index (χ2n) is 3.82. The molecule has 3 rings (SSSR count). The summed E-state index contributed by atoms with van der Waals surface area (Å²) in [7, 11) is 0. The summed E-state index contributed by atoms with van der Waals surface area (Å²) in [6.07, 6.45) is 0. The number of nitrogens with one attached hydrogen (secondary N) is 1. The van der Waals surface area contributed by atoms with Crippen molar-refractivity contribution in [1.29, 1.82) is 0 Å². The van der Waals surface area contributed by atoms with Crippen LogP contribution in [-0.4, -0.2) is 15.8 Å². The third kappa shape index (κ3) is 1.76. The minimum atomic E-state index is -0.481. The van der Waals surface area contributed by atoms with E-state index in [1.807, 2.05) is 6.07 Å². The molecule has 0 aliphatic rings. The molecular formula is C12H8N2O3S. The number of carbonyl (C=O) groups excluding carboxylic acids is 1. The van der Waals surface area contributed by atoms with Crippen molar-refractivity contribution in [3.05, 3.63) is 39.8 Å². The second kappa shape index (κ2) is 3.92. The van der Waals surface area contributed by atoms with Crippen LogP contribution in [0.5, 0.6) is 0 Å². The lowest BCUT2D eigenvalue weighted by atomic mass is 10.2. The number of rotatable bonds is 2. The normalized spacial score (nSPS) is 10.9. The van der Waals surface area contributed by atoms with Gasteiger partial charge < -0.3 is 4.42 Å². The average molecular weight is 260 g/mol. The SMILES string of the molecule is CC(=O)c1csc(-c2ccc3oc(=O)[nH]c3c2)n1. The zero-order chi connectivity index (χ0) is 12.7. The Kier molecular flexibility index (Phi) is 2.38. The Balaban J connectivity index is 2.12. The van der Waals surface area contributed by atoms with Gasteiger partial charge in [0.1, 0.15) is 10.7 Å². The number of hydrogen-bond acceptors (Lipinski definition) is 5. The van der Waals surface area contributed by atoms with Crippen LogP contribution in [0.2, 0.25) is 0 Å². The van der Waals surface area contributed by atoms with Crippen LogP contribution in [-0.2, 0) is 0 Å². The molecule has 2 heterocycles. The fourth-order valence-corrected chi connectivity index (χ4v) is 2.51. The van der Waals surface area contributed by atoms with Gasteiger partial charge in [0, 0.05) is 17.9 Å². The van der Waals surface area contributed by atoms with Gasteiger partial charge in [-0.1, -0.05) is 0 Å². The summed E-state index contributed by atoms with van der Waals surface area (Å²) >= 11 is 1.39. The number of aromatic nitrogens is 2. The number of carbonyl (C=O) groups is 1. The smallest absolute Gasteiger partial charge is 0.408 e. The zero-order valence-corrected chi connectivity index (χ0v) is 10.2. The molecule has 0 atom stereocenters. The molecule has 0 saturated carbocycles. The summed E-state index contributed by atoms with van der Waals surface area (Å²) in [5.41, 5.74) is 2.43. The molecular weight excluding hydrogens is 252 g/mol. The third-order valence-corrected chi connectivity index (χ3v) is 3.42. The minimum Gasteiger partial charge on any atom is -0.408 e. The van der Waals surface area contributed by atoms with Gasteiger partial charge in [0.05, 0.1) is 5.52 Å². The van der Waals surface area contributed by atoms with E-state index in [-0.39, 0.29) is 5.78 Å². The van der Waals surface area contributed by atoms with Crippen LogP contribution < -0.4 is 5.76 Å². The Morgan fingerprint density at radius 3 is 3.00 bits per heavy atom. The Hall–Kier alpha value is -2.21. The number of nitrogens with zero attached hydrogens (tertiary/aromatic N) is 1. The fraction of sp³-hybridized carbons (Fsp3) is 0.0833. The molecule has 90 valence electrons. The van der Waals surface area contributed by atoms with Gasteiger partial charge in [-0.2, -0.15) is 0 Å². The lowest BCUT2D eigenvalue weighted by Gasteiger charge is -1.95. The monoisotopic (exact) mass is 260 g/mol. The van der Waals surface area contributed by atoms with E-state index in [1.54, 1.807) is 17.5 Å². The van der Waals surface area contributed by atoms with Gasteiger partial charge in [-0.15, -0.1) is 11.3 Å². The quantitative estimate of drug-likeness (QED) is 0.718. The van der Waals surface area contributed by atoms with E-state index in [0.717, 1.165) is 10.6 Å². The number of Topliss-reactive ketones (excluding diaryl/α,β-unsaturated/α-hetero) is 1. The highest BCUT2D eigenvalue weighted by molar-refractivity contribution is 7.13. The maximum Gasteiger partial charge on any atom is 0.417 e. The Morgan fingerprint density at radius 1 is 1.44 bits per heavy atom. The summed E-state index contributed by atoms with van der Waals surface area (Å²) in [4.78, 5) is 29.1. The molecule has 1 N–H and O–H groups in total. The largest absolute Gasteiger partial charge is 0.417 e. The van der Waals surface area contributed by atoms with Crippen LogP contribution >= 0.6 is 11.3 Å². The van der Waals surface area contributed by atoms with E-state index < -0.39 is 5.76 Å². The van der Waals surface area contributed by atoms with E-state index in [9.17, 15) is 9.59 Å². The van der Waals surface area contributed by atoms with E-state index in [0.29, 0.717) is 16.8 Å². The number of benzene rings is 1. The molecule has 1 aromatic carbocycles. The summed E-state index contributed by atoms with van der Waals surface area (Å²) in [5, 5.41) is 2.46. The van der Waals surface area contributed by atoms with Gasteiger partial charge in [-0.05, 0) is 18.2 Å². The number of aromatic amines is 1. The molecule has 0 spiro atoms. The molecule has 6 heteroatoms. The van der Waals surface area contributed by atoms with Crippen molar-refractivity contribution >= 4 is 28.2 Å². The molecule has 0 aliphatic carbocycles. The summed E-state index contributed by atoms with van der Waals surface area (Å²) < 4.78 is 4.92. The first-order chi connectivity index (χ1) is 8.63.